The standard InChI is InChI=1S/C16H15ClN4OS/c1-20(2)12-5-3-11(4-6-12)18-14(22)8-7-13-15(17)19-16-21(13)9-10-23-16/h3-10H,1-2H3,(H,18,22). The predicted octanol–water partition coefficient (Wildman–Crippen LogP) is 3.77. The van der Waals surface area contributed by atoms with Crippen LogP contribution in [0, 0.1) is 0 Å². The molecule has 3 aromatic rings. The Kier molecular flexibility index (Phi) is 4.36. The zero-order chi connectivity index (χ0) is 16.4. The number of nitrogens with one attached hydrogen (secondary N) is 1. The Morgan fingerprint density at radius 2 is 2.09 bits per heavy atom. The molecule has 0 atom stereocenters. The number of amides is 1. The van der Waals surface area contributed by atoms with Crippen LogP contribution in [0.15, 0.2) is 41.9 Å². The molecule has 0 fully saturated rings. The number of hydrogen-bond donors (Lipinski definition) is 1. The summed E-state index contributed by atoms with van der Waals surface area (Å²) in [5.41, 5.74) is 2.51. The number of thiazole rings is 1. The maximum atomic E-state index is 12.0. The third-order valence-electron chi connectivity index (χ3n) is 3.30. The SMILES string of the molecule is CN(C)c1ccc(NC(=O)C=Cc2c(Cl)nc3sccn23)cc1. The van der Waals surface area contributed by atoms with Crippen molar-refractivity contribution in [2.24, 2.45) is 0 Å². The molecular formula is C16H15ClN4OS. The number of imidazole rings is 1. The first-order chi connectivity index (χ1) is 11.0. The molecule has 0 aliphatic carbocycles. The third-order valence-corrected chi connectivity index (χ3v) is 4.33. The quantitative estimate of drug-likeness (QED) is 0.732. The molecule has 0 unspecified atom stereocenters. The van der Waals surface area contributed by atoms with Crippen LogP contribution in [-0.4, -0.2) is 29.4 Å². The molecule has 23 heavy (non-hydrogen) atoms. The van der Waals surface area contributed by atoms with Gasteiger partial charge in [-0.05, 0) is 30.3 Å². The minimum Gasteiger partial charge on any atom is -0.378 e. The fourth-order valence-electron chi connectivity index (χ4n) is 2.11. The zero-order valence-corrected chi connectivity index (χ0v) is 14.2. The van der Waals surface area contributed by atoms with Crippen molar-refractivity contribution in [1.29, 1.82) is 0 Å². The molecule has 5 nitrogen and oxygen atoms in total. The van der Waals surface area contributed by atoms with E-state index in [-0.39, 0.29) is 5.91 Å². The Hall–Kier alpha value is -2.31. The summed E-state index contributed by atoms with van der Waals surface area (Å²) in [5.74, 6) is -0.219. The second-order valence-electron chi connectivity index (χ2n) is 5.11. The lowest BCUT2D eigenvalue weighted by Crippen LogP contribution is -2.10. The molecule has 7 heteroatoms. The minimum atomic E-state index is -0.219. The first kappa shape index (κ1) is 15.6. The average Bonchev–Trinajstić information content (AvgIpc) is 3.06. The summed E-state index contributed by atoms with van der Waals surface area (Å²) in [6.07, 6.45) is 4.99. The second-order valence-corrected chi connectivity index (χ2v) is 6.34. The van der Waals surface area contributed by atoms with Crippen LogP contribution >= 0.6 is 22.9 Å². The number of halogens is 1. The van der Waals surface area contributed by atoms with E-state index in [1.165, 1.54) is 17.4 Å². The summed E-state index contributed by atoms with van der Waals surface area (Å²) in [7, 11) is 3.94. The number of aromatic nitrogens is 2. The van der Waals surface area contributed by atoms with Gasteiger partial charge in [0.05, 0.1) is 5.69 Å². The number of carbonyl (C=O) groups excluding carboxylic acids is 1. The van der Waals surface area contributed by atoms with Crippen molar-refractivity contribution >= 4 is 51.3 Å². The molecule has 2 aromatic heterocycles. The molecule has 1 N–H and O–H groups in total. The molecule has 0 aliphatic heterocycles. The second kappa shape index (κ2) is 6.44. The van der Waals surface area contributed by atoms with Crippen molar-refractivity contribution in [3.63, 3.8) is 0 Å². The van der Waals surface area contributed by atoms with Crippen LogP contribution in [0.2, 0.25) is 5.15 Å². The molecule has 1 aromatic carbocycles. The molecule has 0 spiro atoms. The maximum absolute atomic E-state index is 12.0. The van der Waals surface area contributed by atoms with Gasteiger partial charge >= 0.3 is 0 Å². The van der Waals surface area contributed by atoms with Gasteiger partial charge < -0.3 is 10.2 Å². The van der Waals surface area contributed by atoms with Gasteiger partial charge in [0.25, 0.3) is 0 Å². The monoisotopic (exact) mass is 346 g/mol. The van der Waals surface area contributed by atoms with Gasteiger partial charge in [0, 0.05) is 43.1 Å². The zero-order valence-electron chi connectivity index (χ0n) is 12.7. The van der Waals surface area contributed by atoms with Crippen LogP contribution in [0.25, 0.3) is 11.0 Å². The van der Waals surface area contributed by atoms with Crippen LogP contribution in [0.3, 0.4) is 0 Å². The summed E-state index contributed by atoms with van der Waals surface area (Å²) in [5, 5.41) is 5.12. The molecule has 0 bridgehead atoms. The Morgan fingerprint density at radius 3 is 2.78 bits per heavy atom. The fraction of sp³-hybridized carbons (Fsp3) is 0.125. The lowest BCUT2D eigenvalue weighted by Gasteiger charge is -2.12. The van der Waals surface area contributed by atoms with Crippen LogP contribution in [-0.2, 0) is 4.79 Å². The first-order valence-corrected chi connectivity index (χ1v) is 8.18. The van der Waals surface area contributed by atoms with Crippen molar-refractivity contribution in [2.75, 3.05) is 24.3 Å². The van der Waals surface area contributed by atoms with Gasteiger partial charge in [-0.15, -0.1) is 11.3 Å². The van der Waals surface area contributed by atoms with Gasteiger partial charge in [0.1, 0.15) is 0 Å². The largest absolute Gasteiger partial charge is 0.378 e. The number of nitrogens with zero attached hydrogens (tertiary/aromatic N) is 3. The van der Waals surface area contributed by atoms with Crippen LogP contribution in [0.5, 0.6) is 0 Å². The van der Waals surface area contributed by atoms with Crippen molar-refractivity contribution in [3.8, 4) is 0 Å². The summed E-state index contributed by atoms with van der Waals surface area (Å²) in [6, 6.07) is 7.62. The first-order valence-electron chi connectivity index (χ1n) is 6.92. The third kappa shape index (κ3) is 3.38. The summed E-state index contributed by atoms with van der Waals surface area (Å²) >= 11 is 7.58. The molecule has 0 radical (unpaired) electrons. The highest BCUT2D eigenvalue weighted by Gasteiger charge is 2.08. The summed E-state index contributed by atoms with van der Waals surface area (Å²) in [6.45, 7) is 0. The highest BCUT2D eigenvalue weighted by Crippen LogP contribution is 2.22. The Balaban J connectivity index is 1.71. The molecule has 3 rings (SSSR count). The lowest BCUT2D eigenvalue weighted by molar-refractivity contribution is -0.111. The lowest BCUT2D eigenvalue weighted by atomic mass is 10.2. The number of rotatable bonds is 4. The van der Waals surface area contributed by atoms with Crippen LogP contribution in [0.4, 0.5) is 11.4 Å². The molecule has 2 heterocycles. The van der Waals surface area contributed by atoms with Crippen molar-refractivity contribution in [2.45, 2.75) is 0 Å². The maximum Gasteiger partial charge on any atom is 0.248 e. The summed E-state index contributed by atoms with van der Waals surface area (Å²) < 4.78 is 1.85. The number of carbonyl (C=O) groups is 1. The number of benzene rings is 1. The normalized spacial score (nSPS) is 11.3. The van der Waals surface area contributed by atoms with Crippen LogP contribution < -0.4 is 10.2 Å². The molecule has 0 saturated carbocycles. The Morgan fingerprint density at radius 1 is 1.35 bits per heavy atom. The highest BCUT2D eigenvalue weighted by molar-refractivity contribution is 7.15. The van der Waals surface area contributed by atoms with E-state index >= 15 is 0 Å². The number of fused-ring (bicyclic) bond motifs is 1. The smallest absolute Gasteiger partial charge is 0.248 e. The number of anilines is 2. The molecule has 1 amide bonds. The van der Waals surface area contributed by atoms with E-state index in [0.29, 0.717) is 10.8 Å². The van der Waals surface area contributed by atoms with E-state index in [1.807, 2.05) is 59.2 Å². The van der Waals surface area contributed by atoms with E-state index in [1.54, 1.807) is 6.08 Å². The van der Waals surface area contributed by atoms with Gasteiger partial charge in [-0.25, -0.2) is 4.98 Å². The molecule has 0 saturated heterocycles. The number of hydrogen-bond acceptors (Lipinski definition) is 4. The minimum absolute atomic E-state index is 0.219. The van der Waals surface area contributed by atoms with Crippen LogP contribution in [0.1, 0.15) is 5.69 Å². The van der Waals surface area contributed by atoms with E-state index in [4.69, 9.17) is 11.6 Å². The topological polar surface area (TPSA) is 49.6 Å². The molecule has 0 aliphatic rings. The highest BCUT2D eigenvalue weighted by atomic mass is 35.5. The van der Waals surface area contributed by atoms with Gasteiger partial charge in [-0.3, -0.25) is 9.20 Å². The van der Waals surface area contributed by atoms with E-state index in [9.17, 15) is 4.79 Å². The van der Waals surface area contributed by atoms with E-state index in [0.717, 1.165) is 16.3 Å². The summed E-state index contributed by atoms with van der Waals surface area (Å²) in [4.78, 5) is 19.1. The average molecular weight is 347 g/mol. The van der Waals surface area contributed by atoms with E-state index in [2.05, 4.69) is 10.3 Å². The molecule has 118 valence electrons. The van der Waals surface area contributed by atoms with E-state index < -0.39 is 0 Å². The Bertz CT molecular complexity index is 864. The van der Waals surface area contributed by atoms with Gasteiger partial charge in [-0.1, -0.05) is 11.6 Å². The van der Waals surface area contributed by atoms with Gasteiger partial charge in [0.15, 0.2) is 10.1 Å². The van der Waals surface area contributed by atoms with Crippen molar-refractivity contribution in [1.82, 2.24) is 9.38 Å². The predicted molar refractivity (Wildman–Crippen MR) is 96.5 cm³/mol. The Labute approximate surface area is 142 Å². The van der Waals surface area contributed by atoms with Crippen molar-refractivity contribution in [3.05, 3.63) is 52.8 Å². The van der Waals surface area contributed by atoms with Gasteiger partial charge in [-0.2, -0.15) is 0 Å². The fourth-order valence-corrected chi connectivity index (χ4v) is 3.11. The van der Waals surface area contributed by atoms with Gasteiger partial charge in [0.2, 0.25) is 5.91 Å². The van der Waals surface area contributed by atoms with Crippen molar-refractivity contribution < 1.29 is 4.79 Å². The molecular weight excluding hydrogens is 332 g/mol.